The lowest BCUT2D eigenvalue weighted by molar-refractivity contribution is 0.447. The molecule has 1 unspecified atom stereocenters. The Morgan fingerprint density at radius 1 is 1.00 bits per heavy atom. The van der Waals surface area contributed by atoms with Gasteiger partial charge in [-0.1, -0.05) is 18.2 Å². The van der Waals surface area contributed by atoms with Gasteiger partial charge in [0, 0.05) is 5.39 Å². The van der Waals surface area contributed by atoms with E-state index in [4.69, 9.17) is 4.42 Å². The van der Waals surface area contributed by atoms with Gasteiger partial charge >= 0.3 is 0 Å². The van der Waals surface area contributed by atoms with Crippen LogP contribution in [0.2, 0.25) is 0 Å². The summed E-state index contributed by atoms with van der Waals surface area (Å²) in [6.07, 6.45) is 0. The first-order valence-corrected chi connectivity index (χ1v) is 6.45. The van der Waals surface area contributed by atoms with Crippen LogP contribution in [0.1, 0.15) is 18.7 Å². The molecule has 0 saturated heterocycles. The van der Waals surface area contributed by atoms with Crippen LogP contribution in [0.5, 0.6) is 0 Å². The van der Waals surface area contributed by atoms with Crippen molar-refractivity contribution in [3.63, 3.8) is 0 Å². The Balaban J connectivity index is 1.89. The van der Waals surface area contributed by atoms with Crippen LogP contribution in [0.25, 0.3) is 11.0 Å². The van der Waals surface area contributed by atoms with Crippen LogP contribution in [0.4, 0.5) is 18.9 Å². The Morgan fingerprint density at radius 2 is 1.76 bits per heavy atom. The highest BCUT2D eigenvalue weighted by Crippen LogP contribution is 2.28. The number of furan rings is 1. The maximum atomic E-state index is 13.6. The lowest BCUT2D eigenvalue weighted by Crippen LogP contribution is -2.08. The third-order valence-corrected chi connectivity index (χ3v) is 3.28. The fourth-order valence-corrected chi connectivity index (χ4v) is 2.16. The maximum Gasteiger partial charge on any atom is 0.196 e. The fraction of sp³-hybridized carbons (Fsp3) is 0.125. The van der Waals surface area contributed by atoms with Crippen molar-refractivity contribution in [1.29, 1.82) is 0 Å². The molecular weight excluding hydrogens is 279 g/mol. The van der Waals surface area contributed by atoms with Crippen molar-refractivity contribution in [3.05, 3.63) is 65.7 Å². The van der Waals surface area contributed by atoms with Crippen LogP contribution in [-0.4, -0.2) is 0 Å². The van der Waals surface area contributed by atoms with E-state index in [-0.39, 0.29) is 5.69 Å². The first-order valence-electron chi connectivity index (χ1n) is 6.45. The van der Waals surface area contributed by atoms with E-state index in [0.29, 0.717) is 11.3 Å². The number of rotatable bonds is 3. The largest absolute Gasteiger partial charge is 0.459 e. The molecule has 5 heteroatoms. The van der Waals surface area contributed by atoms with Gasteiger partial charge in [0.25, 0.3) is 0 Å². The second kappa shape index (κ2) is 5.16. The second-order valence-electron chi connectivity index (χ2n) is 4.78. The Labute approximate surface area is 119 Å². The molecule has 0 aliphatic carbocycles. The van der Waals surface area contributed by atoms with Crippen LogP contribution in [0.3, 0.4) is 0 Å². The van der Waals surface area contributed by atoms with E-state index < -0.39 is 23.5 Å². The Hall–Kier alpha value is -2.43. The fourth-order valence-electron chi connectivity index (χ4n) is 2.16. The molecule has 0 fully saturated rings. The number of benzene rings is 2. The number of hydrogen-bond donors (Lipinski definition) is 1. The summed E-state index contributed by atoms with van der Waals surface area (Å²) in [6.45, 7) is 1.75. The summed E-state index contributed by atoms with van der Waals surface area (Å²) >= 11 is 0. The summed E-state index contributed by atoms with van der Waals surface area (Å²) < 4.78 is 45.4. The predicted octanol–water partition coefficient (Wildman–Crippen LogP) is 5.02. The zero-order valence-corrected chi connectivity index (χ0v) is 11.2. The molecular formula is C16H12F3NO. The normalized spacial score (nSPS) is 12.6. The number of para-hydroxylation sites is 1. The van der Waals surface area contributed by atoms with E-state index in [1.807, 2.05) is 30.3 Å². The number of fused-ring (bicyclic) bond motifs is 1. The molecule has 0 radical (unpaired) electrons. The third-order valence-electron chi connectivity index (χ3n) is 3.28. The molecule has 0 aliphatic rings. The van der Waals surface area contributed by atoms with Crippen LogP contribution in [0.15, 0.2) is 46.9 Å². The summed E-state index contributed by atoms with van der Waals surface area (Å²) in [5.74, 6) is -3.36. The summed E-state index contributed by atoms with van der Waals surface area (Å²) in [7, 11) is 0. The molecule has 0 spiro atoms. The molecule has 2 nitrogen and oxygen atoms in total. The highest BCUT2D eigenvalue weighted by atomic mass is 19.2. The molecule has 1 aromatic heterocycles. The molecule has 0 saturated carbocycles. The highest BCUT2D eigenvalue weighted by molar-refractivity contribution is 5.77. The Kier molecular flexibility index (Phi) is 3.33. The summed E-state index contributed by atoms with van der Waals surface area (Å²) in [5, 5.41) is 3.70. The number of nitrogens with one attached hydrogen (secondary N) is 1. The molecule has 108 valence electrons. The van der Waals surface area contributed by atoms with Gasteiger partial charge in [0.1, 0.15) is 11.3 Å². The smallest absolute Gasteiger partial charge is 0.196 e. The summed E-state index contributed by atoms with van der Waals surface area (Å²) in [4.78, 5) is 0. The molecule has 0 amide bonds. The summed E-state index contributed by atoms with van der Waals surface area (Å²) in [6, 6.07) is 10.9. The Morgan fingerprint density at radius 3 is 2.52 bits per heavy atom. The minimum atomic E-state index is -1.49. The zero-order valence-electron chi connectivity index (χ0n) is 11.2. The predicted molar refractivity (Wildman–Crippen MR) is 74.6 cm³/mol. The topological polar surface area (TPSA) is 25.2 Å². The number of hydrogen-bond acceptors (Lipinski definition) is 2. The van der Waals surface area contributed by atoms with Crippen molar-refractivity contribution >= 4 is 16.7 Å². The van der Waals surface area contributed by atoms with Gasteiger partial charge in [-0.15, -0.1) is 0 Å². The van der Waals surface area contributed by atoms with Gasteiger partial charge in [0.15, 0.2) is 17.5 Å². The van der Waals surface area contributed by atoms with Crippen molar-refractivity contribution in [2.24, 2.45) is 0 Å². The van der Waals surface area contributed by atoms with E-state index >= 15 is 0 Å². The lowest BCUT2D eigenvalue weighted by atomic mass is 10.2. The van der Waals surface area contributed by atoms with E-state index in [9.17, 15) is 13.2 Å². The molecule has 1 N–H and O–H groups in total. The van der Waals surface area contributed by atoms with Gasteiger partial charge in [0.2, 0.25) is 0 Å². The number of anilines is 1. The first-order chi connectivity index (χ1) is 10.1. The van der Waals surface area contributed by atoms with Gasteiger partial charge in [-0.2, -0.15) is 0 Å². The van der Waals surface area contributed by atoms with Gasteiger partial charge in [-0.05, 0) is 31.2 Å². The second-order valence-corrected chi connectivity index (χ2v) is 4.78. The van der Waals surface area contributed by atoms with Gasteiger partial charge in [-0.3, -0.25) is 0 Å². The van der Waals surface area contributed by atoms with Crippen LogP contribution < -0.4 is 5.32 Å². The lowest BCUT2D eigenvalue weighted by Gasteiger charge is -2.13. The van der Waals surface area contributed by atoms with Crippen LogP contribution in [0, 0.1) is 17.5 Å². The van der Waals surface area contributed by atoms with Gasteiger partial charge in [0.05, 0.1) is 11.7 Å². The summed E-state index contributed by atoms with van der Waals surface area (Å²) in [5.41, 5.74) is 0.605. The van der Waals surface area contributed by atoms with Crippen molar-refractivity contribution in [2.75, 3.05) is 5.32 Å². The van der Waals surface area contributed by atoms with E-state index in [0.717, 1.165) is 17.5 Å². The SMILES string of the molecule is CC(Nc1ccc(F)c(F)c1F)c1cc2ccccc2o1. The van der Waals surface area contributed by atoms with Crippen LogP contribution >= 0.6 is 0 Å². The average molecular weight is 291 g/mol. The quantitative estimate of drug-likeness (QED) is 0.685. The Bertz CT molecular complexity index is 764. The van der Waals surface area contributed by atoms with Gasteiger partial charge in [-0.25, -0.2) is 13.2 Å². The standard InChI is InChI=1S/C16H12F3NO/c1-9(14-8-10-4-2-3-5-13(10)21-14)20-12-7-6-11(17)15(18)16(12)19/h2-9,20H,1H3. The van der Waals surface area contributed by atoms with E-state index in [2.05, 4.69) is 5.32 Å². The monoisotopic (exact) mass is 291 g/mol. The molecule has 3 aromatic rings. The molecule has 1 atom stereocenters. The minimum absolute atomic E-state index is 0.109. The molecule has 21 heavy (non-hydrogen) atoms. The molecule has 0 aliphatic heterocycles. The van der Waals surface area contributed by atoms with Crippen molar-refractivity contribution in [3.8, 4) is 0 Å². The van der Waals surface area contributed by atoms with E-state index in [1.165, 1.54) is 0 Å². The van der Waals surface area contributed by atoms with Crippen LogP contribution in [-0.2, 0) is 0 Å². The van der Waals surface area contributed by atoms with E-state index in [1.54, 1.807) is 6.92 Å². The van der Waals surface area contributed by atoms with Crippen molar-refractivity contribution in [1.82, 2.24) is 0 Å². The zero-order chi connectivity index (χ0) is 15.0. The molecule has 1 heterocycles. The minimum Gasteiger partial charge on any atom is -0.459 e. The third kappa shape index (κ3) is 2.46. The molecule has 3 rings (SSSR count). The average Bonchev–Trinajstić information content (AvgIpc) is 2.92. The maximum absolute atomic E-state index is 13.6. The van der Waals surface area contributed by atoms with Crippen molar-refractivity contribution in [2.45, 2.75) is 13.0 Å². The van der Waals surface area contributed by atoms with Crippen molar-refractivity contribution < 1.29 is 17.6 Å². The molecule has 0 bridgehead atoms. The number of halogens is 3. The molecule has 2 aromatic carbocycles. The highest BCUT2D eigenvalue weighted by Gasteiger charge is 2.17. The first kappa shape index (κ1) is 13.5. The van der Waals surface area contributed by atoms with Gasteiger partial charge < -0.3 is 9.73 Å².